The Labute approximate surface area is 59.7 Å². The van der Waals surface area contributed by atoms with E-state index >= 15 is 0 Å². The molecule has 0 fully saturated rings. The number of aliphatic hydroxyl groups excluding tert-OH is 1. The Morgan fingerprint density at radius 2 is 2.20 bits per heavy atom. The Kier molecular flexibility index (Phi) is 3.99. The summed E-state index contributed by atoms with van der Waals surface area (Å²) in [5, 5.41) is 17.0. The van der Waals surface area contributed by atoms with Crippen molar-refractivity contribution in [2.45, 2.75) is 19.4 Å². The van der Waals surface area contributed by atoms with Gasteiger partial charge in [-0.25, -0.2) is 0 Å². The molecule has 0 aliphatic carbocycles. The molecule has 0 rings (SSSR count). The largest absolute Gasteiger partial charge is 0.480 e. The van der Waals surface area contributed by atoms with Crippen LogP contribution in [0.15, 0.2) is 0 Å². The van der Waals surface area contributed by atoms with Crippen LogP contribution in [0.1, 0.15) is 13.3 Å². The summed E-state index contributed by atoms with van der Waals surface area (Å²) >= 11 is 0. The van der Waals surface area contributed by atoms with Gasteiger partial charge in [-0.1, -0.05) is 6.92 Å². The molecule has 10 heavy (non-hydrogen) atoms. The first-order valence-corrected chi connectivity index (χ1v) is 3.22. The van der Waals surface area contributed by atoms with E-state index in [2.05, 4.69) is 0 Å². The van der Waals surface area contributed by atoms with Crippen molar-refractivity contribution in [3.8, 4) is 0 Å². The third kappa shape index (κ3) is 2.33. The van der Waals surface area contributed by atoms with Crippen molar-refractivity contribution in [2.24, 2.45) is 11.7 Å². The molecule has 0 saturated carbocycles. The van der Waals surface area contributed by atoms with Crippen LogP contribution in [0.3, 0.4) is 0 Å². The van der Waals surface area contributed by atoms with E-state index in [1.807, 2.05) is 0 Å². The van der Waals surface area contributed by atoms with Crippen LogP contribution >= 0.6 is 0 Å². The highest BCUT2D eigenvalue weighted by Crippen LogP contribution is 2.05. The normalized spacial score (nSPS) is 16.3. The molecule has 0 spiro atoms. The quantitative estimate of drug-likeness (QED) is 0.496. The van der Waals surface area contributed by atoms with Crippen LogP contribution < -0.4 is 5.73 Å². The average molecular weight is 147 g/mol. The Morgan fingerprint density at radius 3 is 2.30 bits per heavy atom. The van der Waals surface area contributed by atoms with Crippen molar-refractivity contribution in [2.75, 3.05) is 6.61 Å². The molecule has 4 N–H and O–H groups in total. The highest BCUT2D eigenvalue weighted by atomic mass is 16.4. The molecule has 0 bridgehead atoms. The number of rotatable bonds is 4. The fraction of sp³-hybridized carbons (Fsp3) is 0.833. The Bertz CT molecular complexity index is 112. The van der Waals surface area contributed by atoms with Gasteiger partial charge in [-0.2, -0.15) is 0 Å². The molecule has 0 aromatic carbocycles. The molecular weight excluding hydrogens is 134 g/mol. The molecule has 0 aromatic heterocycles. The first kappa shape index (κ1) is 9.39. The van der Waals surface area contributed by atoms with Crippen LogP contribution in [0.4, 0.5) is 0 Å². The second-order valence-electron chi connectivity index (χ2n) is 2.21. The topological polar surface area (TPSA) is 83.5 Å². The predicted molar refractivity (Wildman–Crippen MR) is 36.5 cm³/mol. The summed E-state index contributed by atoms with van der Waals surface area (Å²) < 4.78 is 0. The zero-order valence-corrected chi connectivity index (χ0v) is 5.95. The van der Waals surface area contributed by atoms with E-state index in [-0.39, 0.29) is 12.5 Å². The Morgan fingerprint density at radius 1 is 1.70 bits per heavy atom. The standard InChI is InChI=1S/C6H13NO3/c1-2-4(3-8)5(7)6(9)10/h4-5,8H,2-3,7H2,1H3,(H,9,10)/t4?,5-/m0/s1. The SMILES string of the molecule is CCC(CO)[C@H](N)C(=O)O. The fourth-order valence-corrected chi connectivity index (χ4v) is 0.698. The van der Waals surface area contributed by atoms with Crippen molar-refractivity contribution < 1.29 is 15.0 Å². The summed E-state index contributed by atoms with van der Waals surface area (Å²) in [5.74, 6) is -1.38. The summed E-state index contributed by atoms with van der Waals surface area (Å²) in [7, 11) is 0. The van der Waals surface area contributed by atoms with Crippen LogP contribution in [0.5, 0.6) is 0 Å². The van der Waals surface area contributed by atoms with Gasteiger partial charge < -0.3 is 15.9 Å². The number of aliphatic carboxylic acids is 1. The number of carboxylic acids is 1. The number of hydrogen-bond acceptors (Lipinski definition) is 3. The van der Waals surface area contributed by atoms with Gasteiger partial charge in [0, 0.05) is 12.5 Å². The van der Waals surface area contributed by atoms with Gasteiger partial charge >= 0.3 is 5.97 Å². The minimum atomic E-state index is -1.05. The van der Waals surface area contributed by atoms with E-state index in [9.17, 15) is 4.79 Å². The average Bonchev–Trinajstić information content (AvgIpc) is 1.90. The van der Waals surface area contributed by atoms with Crippen LogP contribution in [0, 0.1) is 5.92 Å². The molecule has 0 radical (unpaired) electrons. The van der Waals surface area contributed by atoms with E-state index in [1.54, 1.807) is 6.92 Å². The minimum Gasteiger partial charge on any atom is -0.480 e. The molecular formula is C6H13NO3. The molecule has 0 aliphatic rings. The van der Waals surface area contributed by atoms with E-state index < -0.39 is 12.0 Å². The molecule has 0 saturated heterocycles. The lowest BCUT2D eigenvalue weighted by Crippen LogP contribution is -2.39. The number of aliphatic hydroxyl groups is 1. The van der Waals surface area contributed by atoms with Gasteiger partial charge in [0.2, 0.25) is 0 Å². The lowest BCUT2D eigenvalue weighted by Gasteiger charge is -2.15. The first-order chi connectivity index (χ1) is 4.63. The maximum Gasteiger partial charge on any atom is 0.320 e. The number of carboxylic acid groups (broad SMARTS) is 1. The molecule has 0 amide bonds. The van der Waals surface area contributed by atoms with E-state index in [4.69, 9.17) is 15.9 Å². The van der Waals surface area contributed by atoms with Gasteiger partial charge in [0.05, 0.1) is 0 Å². The first-order valence-electron chi connectivity index (χ1n) is 3.22. The van der Waals surface area contributed by atoms with Crippen molar-refractivity contribution in [3.63, 3.8) is 0 Å². The zero-order valence-electron chi connectivity index (χ0n) is 5.95. The molecule has 2 atom stereocenters. The van der Waals surface area contributed by atoms with Gasteiger partial charge in [-0.05, 0) is 6.42 Å². The fourth-order valence-electron chi connectivity index (χ4n) is 0.698. The van der Waals surface area contributed by atoms with Crippen LogP contribution in [0.2, 0.25) is 0 Å². The van der Waals surface area contributed by atoms with Gasteiger partial charge in [-0.3, -0.25) is 4.79 Å². The predicted octanol–water partition coefficient (Wildman–Crippen LogP) is -0.583. The van der Waals surface area contributed by atoms with Crippen LogP contribution in [-0.2, 0) is 4.79 Å². The summed E-state index contributed by atoms with van der Waals surface area (Å²) in [4.78, 5) is 10.2. The molecule has 0 heterocycles. The summed E-state index contributed by atoms with van der Waals surface area (Å²) in [6, 6.07) is -0.935. The number of carbonyl (C=O) groups is 1. The van der Waals surface area contributed by atoms with Gasteiger partial charge in [0.25, 0.3) is 0 Å². The second kappa shape index (κ2) is 4.24. The Hall–Kier alpha value is -0.610. The molecule has 4 heteroatoms. The maximum absolute atomic E-state index is 10.2. The van der Waals surface area contributed by atoms with Crippen LogP contribution in [0.25, 0.3) is 0 Å². The maximum atomic E-state index is 10.2. The smallest absolute Gasteiger partial charge is 0.320 e. The lowest BCUT2D eigenvalue weighted by molar-refractivity contribution is -0.140. The van der Waals surface area contributed by atoms with E-state index in [0.29, 0.717) is 6.42 Å². The highest BCUT2D eigenvalue weighted by molar-refractivity contribution is 5.73. The highest BCUT2D eigenvalue weighted by Gasteiger charge is 2.21. The summed E-state index contributed by atoms with van der Waals surface area (Å²) in [6.45, 7) is 1.63. The van der Waals surface area contributed by atoms with Crippen molar-refractivity contribution in [3.05, 3.63) is 0 Å². The molecule has 1 unspecified atom stereocenters. The monoisotopic (exact) mass is 147 g/mol. The third-order valence-corrected chi connectivity index (χ3v) is 1.55. The molecule has 0 aliphatic heterocycles. The molecule has 4 nitrogen and oxygen atoms in total. The number of hydrogen-bond donors (Lipinski definition) is 3. The van der Waals surface area contributed by atoms with Crippen molar-refractivity contribution in [1.82, 2.24) is 0 Å². The number of nitrogens with two attached hydrogens (primary N) is 1. The van der Waals surface area contributed by atoms with Crippen LogP contribution in [-0.4, -0.2) is 28.8 Å². The Balaban J connectivity index is 3.88. The van der Waals surface area contributed by atoms with Gasteiger partial charge in [0.1, 0.15) is 6.04 Å². The van der Waals surface area contributed by atoms with Gasteiger partial charge in [0.15, 0.2) is 0 Å². The minimum absolute atomic E-state index is 0.163. The van der Waals surface area contributed by atoms with Crippen molar-refractivity contribution in [1.29, 1.82) is 0 Å². The van der Waals surface area contributed by atoms with E-state index in [0.717, 1.165) is 0 Å². The zero-order chi connectivity index (χ0) is 8.15. The summed E-state index contributed by atoms with van der Waals surface area (Å²) in [5.41, 5.74) is 5.22. The molecule has 0 aromatic rings. The second-order valence-corrected chi connectivity index (χ2v) is 2.21. The van der Waals surface area contributed by atoms with Crippen molar-refractivity contribution >= 4 is 5.97 Å². The molecule has 60 valence electrons. The lowest BCUT2D eigenvalue weighted by atomic mass is 9.99. The summed E-state index contributed by atoms with van der Waals surface area (Å²) in [6.07, 6.45) is 0.587. The van der Waals surface area contributed by atoms with E-state index in [1.165, 1.54) is 0 Å². The van der Waals surface area contributed by atoms with Gasteiger partial charge in [-0.15, -0.1) is 0 Å². The third-order valence-electron chi connectivity index (χ3n) is 1.55.